The number of para-hydroxylation sites is 1. The van der Waals surface area contributed by atoms with Gasteiger partial charge in [0.25, 0.3) is 11.6 Å². The predicted octanol–water partition coefficient (Wildman–Crippen LogP) is 2.85. The number of hydrazine groups is 1. The summed E-state index contributed by atoms with van der Waals surface area (Å²) in [6, 6.07) is 17.8. The number of anilines is 2. The van der Waals surface area contributed by atoms with Gasteiger partial charge in [-0.25, -0.2) is 9.91 Å². The van der Waals surface area contributed by atoms with Crippen molar-refractivity contribution in [3.8, 4) is 0 Å². The normalized spacial score (nSPS) is 22.7. The molecule has 4 atom stereocenters. The van der Waals surface area contributed by atoms with Crippen LogP contribution in [0.15, 0.2) is 91.1 Å². The number of amides is 2. The summed E-state index contributed by atoms with van der Waals surface area (Å²) in [4.78, 5) is 42.8. The van der Waals surface area contributed by atoms with Crippen molar-refractivity contribution in [1.82, 2.24) is 9.99 Å². The zero-order chi connectivity index (χ0) is 24.5. The Morgan fingerprint density at radius 2 is 1.66 bits per heavy atom. The highest BCUT2D eigenvalue weighted by Crippen LogP contribution is 2.37. The summed E-state index contributed by atoms with van der Waals surface area (Å²) in [6.45, 7) is 0. The van der Waals surface area contributed by atoms with Gasteiger partial charge in [0.2, 0.25) is 5.91 Å². The van der Waals surface area contributed by atoms with Crippen LogP contribution in [0.3, 0.4) is 0 Å². The van der Waals surface area contributed by atoms with Crippen LogP contribution in [0.4, 0.5) is 17.1 Å². The van der Waals surface area contributed by atoms with Crippen molar-refractivity contribution in [1.29, 1.82) is 0 Å². The smallest absolute Gasteiger partial charge is 0.269 e. The Balaban J connectivity index is 1.53. The molecule has 176 valence electrons. The molecule has 3 heterocycles. The number of fused-ring (bicyclic) bond motifs is 1. The minimum atomic E-state index is -1.12. The number of non-ortho nitro benzene ring substituents is 1. The van der Waals surface area contributed by atoms with Gasteiger partial charge in [-0.05, 0) is 36.4 Å². The third-order valence-electron chi connectivity index (χ3n) is 6.12. The molecule has 1 aromatic heterocycles. The molecule has 35 heavy (non-hydrogen) atoms. The fourth-order valence-corrected chi connectivity index (χ4v) is 4.44. The number of aliphatic hydroxyl groups excluding tert-OH is 1. The highest BCUT2D eigenvalue weighted by atomic mass is 16.6. The number of imide groups is 1. The molecule has 2 aliphatic heterocycles. The first-order valence-electron chi connectivity index (χ1n) is 11.0. The Hall–Kier alpha value is -4.41. The fraction of sp³-hybridized carbons (Fsp3) is 0.160. The lowest BCUT2D eigenvalue weighted by Crippen LogP contribution is -2.55. The molecule has 2 amide bonds. The largest absolute Gasteiger partial charge is 0.385 e. The van der Waals surface area contributed by atoms with Gasteiger partial charge in [0, 0.05) is 24.0 Å². The predicted molar refractivity (Wildman–Crippen MR) is 127 cm³/mol. The van der Waals surface area contributed by atoms with Crippen LogP contribution in [-0.2, 0) is 9.59 Å². The molecule has 10 heteroatoms. The number of nitrogens with one attached hydrogen (secondary N) is 1. The van der Waals surface area contributed by atoms with Crippen LogP contribution in [-0.4, -0.2) is 43.9 Å². The Kier molecular flexibility index (Phi) is 5.81. The van der Waals surface area contributed by atoms with E-state index < -0.39 is 34.9 Å². The molecule has 0 radical (unpaired) electrons. The van der Waals surface area contributed by atoms with Gasteiger partial charge in [-0.1, -0.05) is 36.4 Å². The van der Waals surface area contributed by atoms with Gasteiger partial charge in [0.1, 0.15) is 12.1 Å². The molecule has 1 saturated heterocycles. The van der Waals surface area contributed by atoms with Crippen LogP contribution < -0.4 is 10.3 Å². The number of carbonyl (C=O) groups excluding carboxylic acids is 2. The van der Waals surface area contributed by atoms with E-state index in [1.165, 1.54) is 29.3 Å². The summed E-state index contributed by atoms with van der Waals surface area (Å²) in [6.07, 6.45) is 3.77. The number of hydrogen-bond donors (Lipinski definition) is 2. The average molecular weight is 471 g/mol. The number of hydrogen-bond acceptors (Lipinski definition) is 8. The molecule has 10 nitrogen and oxygen atoms in total. The third kappa shape index (κ3) is 4.05. The van der Waals surface area contributed by atoms with E-state index in [0.717, 1.165) is 4.90 Å². The maximum absolute atomic E-state index is 13.6. The fourth-order valence-electron chi connectivity index (χ4n) is 4.44. The van der Waals surface area contributed by atoms with Crippen LogP contribution in [0.2, 0.25) is 0 Å². The second kappa shape index (κ2) is 9.09. The summed E-state index contributed by atoms with van der Waals surface area (Å²) in [5.41, 5.74) is 4.35. The second-order valence-corrected chi connectivity index (χ2v) is 8.22. The Morgan fingerprint density at radius 1 is 0.943 bits per heavy atom. The number of nitro benzene ring substituents is 1. The average Bonchev–Trinajstić information content (AvgIpc) is 3.15. The van der Waals surface area contributed by atoms with Crippen molar-refractivity contribution >= 4 is 28.9 Å². The summed E-state index contributed by atoms with van der Waals surface area (Å²) >= 11 is 0. The minimum absolute atomic E-state index is 0.0839. The lowest BCUT2D eigenvalue weighted by molar-refractivity contribution is -0.384. The molecule has 0 saturated carbocycles. The third-order valence-corrected chi connectivity index (χ3v) is 6.12. The maximum atomic E-state index is 13.6. The monoisotopic (exact) mass is 471 g/mol. The number of aromatic nitrogens is 1. The maximum Gasteiger partial charge on any atom is 0.269 e. The van der Waals surface area contributed by atoms with Crippen LogP contribution in [0.5, 0.6) is 0 Å². The molecule has 0 aliphatic carbocycles. The summed E-state index contributed by atoms with van der Waals surface area (Å²) in [5, 5.41) is 23.7. The van der Waals surface area contributed by atoms with Crippen LogP contribution in [0.25, 0.3) is 0 Å². The lowest BCUT2D eigenvalue weighted by Gasteiger charge is -2.40. The number of pyridine rings is 1. The van der Waals surface area contributed by atoms with Crippen molar-refractivity contribution in [3.63, 3.8) is 0 Å². The zero-order valence-electron chi connectivity index (χ0n) is 18.3. The molecule has 3 aromatic rings. The van der Waals surface area contributed by atoms with Crippen molar-refractivity contribution < 1.29 is 19.6 Å². The Morgan fingerprint density at radius 3 is 2.31 bits per heavy atom. The van der Waals surface area contributed by atoms with Gasteiger partial charge < -0.3 is 10.5 Å². The van der Waals surface area contributed by atoms with Gasteiger partial charge in [-0.3, -0.25) is 24.7 Å². The molecule has 0 bridgehead atoms. The number of aliphatic hydroxyl groups is 1. The van der Waals surface area contributed by atoms with Gasteiger partial charge in [-0.2, -0.15) is 0 Å². The van der Waals surface area contributed by atoms with Gasteiger partial charge in [0.05, 0.1) is 28.3 Å². The van der Waals surface area contributed by atoms with Crippen molar-refractivity contribution in [2.75, 3.05) is 10.3 Å². The number of benzene rings is 2. The van der Waals surface area contributed by atoms with Crippen molar-refractivity contribution in [3.05, 3.63) is 107 Å². The topological polar surface area (TPSA) is 129 Å². The van der Waals surface area contributed by atoms with Gasteiger partial charge in [0.15, 0.2) is 0 Å². The first-order valence-corrected chi connectivity index (χ1v) is 11.0. The summed E-state index contributed by atoms with van der Waals surface area (Å²) in [7, 11) is 0. The molecular weight excluding hydrogens is 450 g/mol. The Labute approximate surface area is 200 Å². The van der Waals surface area contributed by atoms with E-state index in [4.69, 9.17) is 0 Å². The van der Waals surface area contributed by atoms with E-state index in [2.05, 4.69) is 10.4 Å². The van der Waals surface area contributed by atoms with Crippen LogP contribution >= 0.6 is 0 Å². The molecule has 0 spiro atoms. The first kappa shape index (κ1) is 22.4. The van der Waals surface area contributed by atoms with Crippen LogP contribution in [0.1, 0.15) is 11.8 Å². The zero-order valence-corrected chi connectivity index (χ0v) is 18.3. The molecule has 2 aromatic carbocycles. The molecule has 4 unspecified atom stereocenters. The van der Waals surface area contributed by atoms with E-state index in [1.807, 2.05) is 0 Å². The van der Waals surface area contributed by atoms with Crippen molar-refractivity contribution in [2.24, 2.45) is 5.92 Å². The lowest BCUT2D eigenvalue weighted by atomic mass is 9.92. The van der Waals surface area contributed by atoms with E-state index in [1.54, 1.807) is 66.9 Å². The molecule has 2 N–H and O–H groups in total. The summed E-state index contributed by atoms with van der Waals surface area (Å²) in [5.74, 6) is -1.59. The summed E-state index contributed by atoms with van der Waals surface area (Å²) < 4.78 is 0. The minimum Gasteiger partial charge on any atom is -0.385 e. The number of nitrogens with zero attached hydrogens (tertiary/aromatic N) is 4. The van der Waals surface area contributed by atoms with Crippen molar-refractivity contribution in [2.45, 2.75) is 18.2 Å². The molecular formula is C25H21N5O5. The number of nitro groups is 1. The van der Waals surface area contributed by atoms with Gasteiger partial charge in [-0.15, -0.1) is 0 Å². The highest BCUT2D eigenvalue weighted by molar-refractivity contribution is 6.24. The molecule has 5 rings (SSSR count). The van der Waals surface area contributed by atoms with E-state index in [9.17, 15) is 24.8 Å². The van der Waals surface area contributed by atoms with E-state index in [-0.39, 0.29) is 11.6 Å². The van der Waals surface area contributed by atoms with E-state index in [0.29, 0.717) is 17.1 Å². The number of rotatable bonds is 6. The van der Waals surface area contributed by atoms with E-state index >= 15 is 0 Å². The van der Waals surface area contributed by atoms with Gasteiger partial charge >= 0.3 is 0 Å². The molecule has 2 aliphatic rings. The van der Waals surface area contributed by atoms with Crippen LogP contribution in [0, 0.1) is 16.0 Å². The number of carbonyl (C=O) groups is 2. The second-order valence-electron chi connectivity index (χ2n) is 8.22. The quantitative estimate of drug-likeness (QED) is 0.243. The SMILES string of the molecule is O=C1C2C=CC(C(O)c3ccccn3)N(Nc3ccc([N+](=O)[O-])cc3)C2C(=O)N1c1ccccc1. The Bertz CT molecular complexity index is 1280. The molecule has 1 fully saturated rings. The standard InChI is InChI=1S/C25H21N5O5/c31-23(20-8-4-5-15-26-20)21-14-13-19-22(25(33)28(24(19)32)17-6-2-1-3-7-17)29(21)27-16-9-11-18(12-10-16)30(34)35/h1-15,19,21-23,27,31H. The first-order chi connectivity index (χ1) is 17.0. The highest BCUT2D eigenvalue weighted by Gasteiger charge is 2.54.